The highest BCUT2D eigenvalue weighted by atomic mass is 16.6. The van der Waals surface area contributed by atoms with Gasteiger partial charge in [0.1, 0.15) is 6.10 Å². The second-order valence-electron chi connectivity index (χ2n) is 5.93. The van der Waals surface area contributed by atoms with Crippen molar-refractivity contribution in [3.8, 4) is 0 Å². The molecule has 1 saturated heterocycles. The number of rotatable bonds is 6. The van der Waals surface area contributed by atoms with Crippen LogP contribution >= 0.6 is 0 Å². The van der Waals surface area contributed by atoms with Gasteiger partial charge in [0.2, 0.25) is 0 Å². The normalized spacial score (nSPS) is 25.6. The molecule has 1 aliphatic heterocycles. The Morgan fingerprint density at radius 1 is 1.33 bits per heavy atom. The van der Waals surface area contributed by atoms with Gasteiger partial charge >= 0.3 is 5.97 Å². The van der Waals surface area contributed by atoms with E-state index in [2.05, 4.69) is 0 Å². The van der Waals surface area contributed by atoms with Crippen LogP contribution < -0.4 is 0 Å². The van der Waals surface area contributed by atoms with Gasteiger partial charge in [0.05, 0.1) is 18.1 Å². The van der Waals surface area contributed by atoms with Crippen LogP contribution in [-0.2, 0) is 20.9 Å². The molecule has 116 valence electrons. The van der Waals surface area contributed by atoms with Crippen LogP contribution in [0.4, 0.5) is 0 Å². The molecule has 0 aromatic heterocycles. The maximum atomic E-state index is 11.6. The number of aliphatic hydroxyl groups is 2. The van der Waals surface area contributed by atoms with Gasteiger partial charge in [0.25, 0.3) is 0 Å². The minimum atomic E-state index is -1.01. The largest absolute Gasteiger partial charge is 0.456 e. The SMILES string of the molecule is CC1(C)C(=O)O[C@H]([C@@H](O)CCOCc2ccccc2)[C@@H]1O. The third-order valence-electron chi connectivity index (χ3n) is 3.87. The summed E-state index contributed by atoms with van der Waals surface area (Å²) in [4.78, 5) is 11.6. The average molecular weight is 294 g/mol. The highest BCUT2D eigenvalue weighted by Crippen LogP contribution is 2.35. The van der Waals surface area contributed by atoms with E-state index in [9.17, 15) is 15.0 Å². The van der Waals surface area contributed by atoms with Gasteiger partial charge in [0, 0.05) is 13.0 Å². The van der Waals surface area contributed by atoms with Crippen LogP contribution in [0.25, 0.3) is 0 Å². The molecule has 1 heterocycles. The van der Waals surface area contributed by atoms with Gasteiger partial charge in [-0.1, -0.05) is 30.3 Å². The maximum Gasteiger partial charge on any atom is 0.314 e. The lowest BCUT2D eigenvalue weighted by Crippen LogP contribution is -2.40. The van der Waals surface area contributed by atoms with E-state index in [0.29, 0.717) is 19.6 Å². The second kappa shape index (κ2) is 6.56. The fraction of sp³-hybridized carbons (Fsp3) is 0.562. The predicted octanol–water partition coefficient (Wildman–Crippen LogP) is 1.27. The smallest absolute Gasteiger partial charge is 0.314 e. The minimum absolute atomic E-state index is 0.303. The Morgan fingerprint density at radius 2 is 2.00 bits per heavy atom. The summed E-state index contributed by atoms with van der Waals surface area (Å²) in [6.45, 7) is 4.01. The number of hydrogen-bond acceptors (Lipinski definition) is 5. The molecule has 1 aromatic rings. The van der Waals surface area contributed by atoms with Gasteiger partial charge in [-0.05, 0) is 19.4 Å². The first-order valence-electron chi connectivity index (χ1n) is 7.12. The molecule has 2 N–H and O–H groups in total. The van der Waals surface area contributed by atoms with E-state index in [1.807, 2.05) is 30.3 Å². The molecule has 0 amide bonds. The first-order chi connectivity index (χ1) is 9.93. The monoisotopic (exact) mass is 294 g/mol. The molecule has 0 bridgehead atoms. The van der Waals surface area contributed by atoms with E-state index in [1.165, 1.54) is 0 Å². The van der Waals surface area contributed by atoms with Crippen LogP contribution in [0.1, 0.15) is 25.8 Å². The van der Waals surface area contributed by atoms with Gasteiger partial charge in [-0.2, -0.15) is 0 Å². The first-order valence-corrected chi connectivity index (χ1v) is 7.12. The third kappa shape index (κ3) is 3.61. The van der Waals surface area contributed by atoms with Crippen LogP contribution in [0.2, 0.25) is 0 Å². The van der Waals surface area contributed by atoms with Crippen molar-refractivity contribution < 1.29 is 24.5 Å². The molecule has 5 nitrogen and oxygen atoms in total. The molecule has 0 radical (unpaired) electrons. The van der Waals surface area contributed by atoms with Gasteiger partial charge in [-0.15, -0.1) is 0 Å². The van der Waals surface area contributed by atoms with Crippen molar-refractivity contribution in [2.45, 2.75) is 45.2 Å². The summed E-state index contributed by atoms with van der Waals surface area (Å²) in [5.41, 5.74) is 0.0803. The average Bonchev–Trinajstić information content (AvgIpc) is 2.68. The Hall–Kier alpha value is -1.43. The van der Waals surface area contributed by atoms with E-state index in [1.54, 1.807) is 13.8 Å². The number of ether oxygens (including phenoxy) is 2. The fourth-order valence-corrected chi connectivity index (χ4v) is 2.29. The topological polar surface area (TPSA) is 76.0 Å². The summed E-state index contributed by atoms with van der Waals surface area (Å²) in [5.74, 6) is -0.482. The van der Waals surface area contributed by atoms with Crippen molar-refractivity contribution in [1.29, 1.82) is 0 Å². The van der Waals surface area contributed by atoms with Gasteiger partial charge < -0.3 is 19.7 Å². The van der Waals surface area contributed by atoms with E-state index in [-0.39, 0.29) is 0 Å². The molecule has 1 aromatic carbocycles. The van der Waals surface area contributed by atoms with Crippen molar-refractivity contribution in [3.63, 3.8) is 0 Å². The Balaban J connectivity index is 1.75. The van der Waals surface area contributed by atoms with Crippen molar-refractivity contribution in [2.75, 3.05) is 6.61 Å². The van der Waals surface area contributed by atoms with Crippen molar-refractivity contribution >= 4 is 5.97 Å². The molecule has 21 heavy (non-hydrogen) atoms. The van der Waals surface area contributed by atoms with Crippen LogP contribution in [0, 0.1) is 5.41 Å². The third-order valence-corrected chi connectivity index (χ3v) is 3.87. The number of carbonyl (C=O) groups is 1. The van der Waals surface area contributed by atoms with Gasteiger partial charge in [-0.25, -0.2) is 0 Å². The van der Waals surface area contributed by atoms with E-state index >= 15 is 0 Å². The Bertz CT molecular complexity index is 471. The van der Waals surface area contributed by atoms with Crippen LogP contribution in [-0.4, -0.2) is 41.1 Å². The summed E-state index contributed by atoms with van der Waals surface area (Å²) in [5, 5.41) is 20.1. The van der Waals surface area contributed by atoms with E-state index < -0.39 is 29.7 Å². The molecule has 0 aliphatic carbocycles. The number of esters is 1. The highest BCUT2D eigenvalue weighted by Gasteiger charge is 2.52. The number of benzene rings is 1. The van der Waals surface area contributed by atoms with Crippen LogP contribution in [0.5, 0.6) is 0 Å². The molecule has 5 heteroatoms. The number of aliphatic hydroxyl groups excluding tert-OH is 2. The van der Waals surface area contributed by atoms with E-state index in [4.69, 9.17) is 9.47 Å². The van der Waals surface area contributed by atoms with Gasteiger partial charge in [0.15, 0.2) is 6.10 Å². The lowest BCUT2D eigenvalue weighted by Gasteiger charge is -2.23. The lowest BCUT2D eigenvalue weighted by molar-refractivity contribution is -0.151. The molecule has 2 rings (SSSR count). The zero-order chi connectivity index (χ0) is 15.5. The highest BCUT2D eigenvalue weighted by molar-refractivity contribution is 5.79. The van der Waals surface area contributed by atoms with Crippen LogP contribution in [0.3, 0.4) is 0 Å². The van der Waals surface area contributed by atoms with Crippen LogP contribution in [0.15, 0.2) is 30.3 Å². The predicted molar refractivity (Wildman–Crippen MR) is 76.4 cm³/mol. The molecule has 0 spiro atoms. The molecule has 1 aliphatic rings. The molecule has 0 saturated carbocycles. The first kappa shape index (κ1) is 15.9. The molecule has 0 unspecified atom stereocenters. The summed E-state index contributed by atoms with van der Waals surface area (Å²) in [6, 6.07) is 9.72. The standard InChI is InChI=1S/C16H22O5/c1-16(2)14(18)13(21-15(16)19)12(17)8-9-20-10-11-6-4-3-5-7-11/h3-7,12-14,17-18H,8-10H2,1-2H3/t12-,13+,14-/m0/s1. The number of cyclic esters (lactones) is 1. The molecular formula is C16H22O5. The second-order valence-corrected chi connectivity index (χ2v) is 5.93. The summed E-state index contributed by atoms with van der Waals surface area (Å²) in [7, 11) is 0. The fourth-order valence-electron chi connectivity index (χ4n) is 2.29. The lowest BCUT2D eigenvalue weighted by atomic mass is 9.85. The summed E-state index contributed by atoms with van der Waals surface area (Å²) < 4.78 is 10.6. The van der Waals surface area contributed by atoms with Crippen molar-refractivity contribution in [3.05, 3.63) is 35.9 Å². The number of carbonyl (C=O) groups excluding carboxylic acids is 1. The molecule has 1 fully saturated rings. The van der Waals surface area contributed by atoms with Crippen molar-refractivity contribution in [2.24, 2.45) is 5.41 Å². The van der Waals surface area contributed by atoms with Crippen molar-refractivity contribution in [1.82, 2.24) is 0 Å². The minimum Gasteiger partial charge on any atom is -0.456 e. The zero-order valence-electron chi connectivity index (χ0n) is 12.4. The Kier molecular flexibility index (Phi) is 4.98. The zero-order valence-corrected chi connectivity index (χ0v) is 12.4. The maximum absolute atomic E-state index is 11.6. The Morgan fingerprint density at radius 3 is 2.57 bits per heavy atom. The molecule has 3 atom stereocenters. The summed E-state index contributed by atoms with van der Waals surface area (Å²) >= 11 is 0. The van der Waals surface area contributed by atoms with E-state index in [0.717, 1.165) is 5.56 Å². The van der Waals surface area contributed by atoms with Gasteiger partial charge in [-0.3, -0.25) is 4.79 Å². The number of hydrogen-bond donors (Lipinski definition) is 2. The quantitative estimate of drug-likeness (QED) is 0.610. The summed E-state index contributed by atoms with van der Waals surface area (Å²) in [6.07, 6.45) is -2.51. The Labute approximate surface area is 124 Å². The molecular weight excluding hydrogens is 272 g/mol.